The normalized spacial score (nSPS) is 26.7. The van der Waals surface area contributed by atoms with Crippen LogP contribution in [0.2, 0.25) is 5.02 Å². The van der Waals surface area contributed by atoms with Crippen LogP contribution in [-0.4, -0.2) is 70.5 Å². The Bertz CT molecular complexity index is 1980. The third-order valence-electron chi connectivity index (χ3n) is 10.7. The molecule has 4 aliphatic rings. The molecule has 0 radical (unpaired) electrons. The zero-order valence-electron chi connectivity index (χ0n) is 27.5. The number of allylic oxidation sites excluding steroid dienone is 2. The fourth-order valence-electron chi connectivity index (χ4n) is 8.60. The Kier molecular flexibility index (Phi) is 8.49. The highest BCUT2D eigenvalue weighted by molar-refractivity contribution is 6.30. The van der Waals surface area contributed by atoms with Gasteiger partial charge in [0.05, 0.1) is 49.5 Å². The van der Waals surface area contributed by atoms with Gasteiger partial charge in [0.25, 0.3) is 11.8 Å². The molecule has 51 heavy (non-hydrogen) atoms. The minimum atomic E-state index is -1.66. The van der Waals surface area contributed by atoms with Crippen LogP contribution in [0.3, 0.4) is 0 Å². The predicted octanol–water partition coefficient (Wildman–Crippen LogP) is 4.66. The Morgan fingerprint density at radius 2 is 1.61 bits per heavy atom. The average Bonchev–Trinajstić information content (AvgIpc) is 3.49. The van der Waals surface area contributed by atoms with Crippen molar-refractivity contribution in [2.45, 2.75) is 30.6 Å². The van der Waals surface area contributed by atoms with E-state index in [9.17, 15) is 33.8 Å². The number of methoxy groups -OCH3 is 2. The van der Waals surface area contributed by atoms with E-state index in [4.69, 9.17) is 21.1 Å². The summed E-state index contributed by atoms with van der Waals surface area (Å²) < 4.78 is 24.9. The first-order chi connectivity index (χ1) is 24.4. The van der Waals surface area contributed by atoms with Crippen LogP contribution >= 0.6 is 11.6 Å². The number of hydrazine groups is 1. The molecule has 2 heterocycles. The highest BCUT2D eigenvalue weighted by atomic mass is 35.5. The average molecular weight is 718 g/mol. The summed E-state index contributed by atoms with van der Waals surface area (Å²) in [4.78, 5) is 69.9. The second-order valence-corrected chi connectivity index (χ2v) is 13.6. The van der Waals surface area contributed by atoms with E-state index in [-0.39, 0.29) is 42.3 Å². The molecule has 0 spiro atoms. The third kappa shape index (κ3) is 5.21. The Balaban J connectivity index is 1.46. The molecule has 3 aromatic carbocycles. The van der Waals surface area contributed by atoms with E-state index in [0.717, 1.165) is 9.91 Å². The standard InChI is InChI=1S/C37H33ClFN3O9/c1-50-27-15-18(16-28(51-2)32(27)45)31-23-11-12-24-30(35(48)41(33(24)46)14-13-29(43)44)25(23)17-26-34(47)42(40-22-9-7-21(39)8-10-22)36(49)37(26,31)19-3-5-20(38)6-4-19/h3-11,15-16,24-26,30-31,40,45H,12-14,17H2,1-2H3,(H,43,44). The summed E-state index contributed by atoms with van der Waals surface area (Å²) in [6.07, 6.45) is 1.55. The summed E-state index contributed by atoms with van der Waals surface area (Å²) in [5, 5.41) is 21.5. The Hall–Kier alpha value is -5.43. The van der Waals surface area contributed by atoms with Crippen LogP contribution in [0.25, 0.3) is 0 Å². The van der Waals surface area contributed by atoms with Gasteiger partial charge in [0, 0.05) is 17.5 Å². The van der Waals surface area contributed by atoms with Crippen LogP contribution < -0.4 is 14.9 Å². The van der Waals surface area contributed by atoms with Crippen molar-refractivity contribution in [1.82, 2.24) is 9.91 Å². The quantitative estimate of drug-likeness (QED) is 0.210. The van der Waals surface area contributed by atoms with Gasteiger partial charge < -0.3 is 19.7 Å². The number of ether oxygens (including phenoxy) is 2. The van der Waals surface area contributed by atoms with E-state index in [1.54, 1.807) is 36.4 Å². The summed E-state index contributed by atoms with van der Waals surface area (Å²) in [7, 11) is 2.72. The van der Waals surface area contributed by atoms with Gasteiger partial charge in [0.2, 0.25) is 17.6 Å². The number of phenols is 1. The number of halogens is 2. The van der Waals surface area contributed by atoms with E-state index in [0.29, 0.717) is 21.7 Å². The molecule has 7 rings (SSSR count). The number of nitrogens with one attached hydrogen (secondary N) is 1. The molecule has 0 aromatic heterocycles. The van der Waals surface area contributed by atoms with E-state index < -0.39 is 76.8 Å². The van der Waals surface area contributed by atoms with Crippen LogP contribution in [-0.2, 0) is 29.4 Å². The SMILES string of the molecule is COc1cc(C2C3=CCC4C(=O)N(CCC(=O)O)C(=O)C4C3CC3C(=O)N(Nc4ccc(F)cc4)C(=O)C32c2ccc(Cl)cc2)cc(OC)c1O. The third-order valence-corrected chi connectivity index (χ3v) is 11.0. The van der Waals surface area contributed by atoms with Crippen LogP contribution in [0.1, 0.15) is 36.3 Å². The van der Waals surface area contributed by atoms with Gasteiger partial charge in [-0.25, -0.2) is 4.39 Å². The lowest BCUT2D eigenvalue weighted by molar-refractivity contribution is -0.143. The number of hydrogen-bond donors (Lipinski definition) is 3. The molecule has 3 aromatic rings. The number of carbonyl (C=O) groups excluding carboxylic acids is 4. The number of aromatic hydroxyl groups is 1. The molecule has 2 saturated heterocycles. The highest BCUT2D eigenvalue weighted by Gasteiger charge is 2.70. The minimum Gasteiger partial charge on any atom is -0.502 e. The zero-order chi connectivity index (χ0) is 36.4. The molecule has 2 aliphatic carbocycles. The van der Waals surface area contributed by atoms with E-state index in [2.05, 4.69) is 5.43 Å². The van der Waals surface area contributed by atoms with Gasteiger partial charge in [-0.2, -0.15) is 5.01 Å². The van der Waals surface area contributed by atoms with Gasteiger partial charge in [-0.05, 0) is 78.4 Å². The largest absolute Gasteiger partial charge is 0.502 e. The molecule has 6 unspecified atom stereocenters. The zero-order valence-corrected chi connectivity index (χ0v) is 28.2. The van der Waals surface area contributed by atoms with Crippen LogP contribution in [0, 0.1) is 29.5 Å². The van der Waals surface area contributed by atoms with Crippen LogP contribution in [0.15, 0.2) is 72.3 Å². The highest BCUT2D eigenvalue weighted by Crippen LogP contribution is 2.64. The molecule has 0 bridgehead atoms. The van der Waals surface area contributed by atoms with Gasteiger partial charge in [0.15, 0.2) is 11.5 Å². The summed E-state index contributed by atoms with van der Waals surface area (Å²) in [5.74, 6) is -8.62. The maximum atomic E-state index is 15.2. The molecular weight excluding hydrogens is 685 g/mol. The number of fused-ring (bicyclic) bond motifs is 4. The molecule has 4 amide bonds. The maximum absolute atomic E-state index is 15.2. The Morgan fingerprint density at radius 3 is 2.22 bits per heavy atom. The number of carboxylic acids is 1. The van der Waals surface area contributed by atoms with E-state index >= 15 is 4.79 Å². The van der Waals surface area contributed by atoms with Crippen molar-refractivity contribution >= 4 is 46.9 Å². The number of rotatable bonds is 9. The van der Waals surface area contributed by atoms with Crippen LogP contribution in [0.4, 0.5) is 10.1 Å². The Labute approximate surface area is 296 Å². The number of hydrogen-bond acceptors (Lipinski definition) is 9. The van der Waals surface area contributed by atoms with Crippen molar-refractivity contribution < 1.29 is 48.0 Å². The molecule has 12 nitrogen and oxygen atoms in total. The molecule has 264 valence electrons. The Morgan fingerprint density at radius 1 is 0.961 bits per heavy atom. The second-order valence-electron chi connectivity index (χ2n) is 13.1. The lowest BCUT2D eigenvalue weighted by Gasteiger charge is -2.50. The fraction of sp³-hybridized carbons (Fsp3) is 0.324. The lowest BCUT2D eigenvalue weighted by atomic mass is 9.49. The summed E-state index contributed by atoms with van der Waals surface area (Å²) in [6, 6.07) is 14.8. The van der Waals surface area contributed by atoms with Gasteiger partial charge in [-0.3, -0.25) is 34.3 Å². The number of imide groups is 2. The number of likely N-dealkylation sites (tertiary alicyclic amines) is 1. The molecule has 1 saturated carbocycles. The summed E-state index contributed by atoms with van der Waals surface area (Å²) in [5.41, 5.74) is 3.00. The van der Waals surface area contributed by atoms with E-state index in [1.165, 1.54) is 38.5 Å². The van der Waals surface area contributed by atoms with Gasteiger partial charge in [-0.15, -0.1) is 0 Å². The molecule has 3 N–H and O–H groups in total. The fourth-order valence-corrected chi connectivity index (χ4v) is 8.73. The smallest absolute Gasteiger partial charge is 0.305 e. The first-order valence-electron chi connectivity index (χ1n) is 16.3. The minimum absolute atomic E-state index is 0.00353. The van der Waals surface area contributed by atoms with Crippen molar-refractivity contribution in [1.29, 1.82) is 0 Å². The molecular formula is C37H33ClFN3O9. The number of nitrogens with zero attached hydrogens (tertiary/aromatic N) is 2. The number of anilines is 1. The van der Waals surface area contributed by atoms with Crippen molar-refractivity contribution in [3.8, 4) is 17.2 Å². The monoisotopic (exact) mass is 717 g/mol. The topological polar surface area (TPSA) is 163 Å². The number of benzene rings is 3. The summed E-state index contributed by atoms with van der Waals surface area (Å²) in [6.45, 7) is -0.289. The van der Waals surface area contributed by atoms with Gasteiger partial charge >= 0.3 is 5.97 Å². The number of amides is 4. The number of aliphatic carboxylic acids is 1. The number of carboxylic acid groups (broad SMARTS) is 1. The first-order valence-corrected chi connectivity index (χ1v) is 16.7. The molecule has 14 heteroatoms. The number of phenolic OH excluding ortho intramolecular Hbond substituents is 1. The molecule has 3 fully saturated rings. The lowest BCUT2D eigenvalue weighted by Crippen LogP contribution is -2.53. The van der Waals surface area contributed by atoms with Gasteiger partial charge in [0.1, 0.15) is 5.82 Å². The maximum Gasteiger partial charge on any atom is 0.305 e. The van der Waals surface area contributed by atoms with Crippen molar-refractivity contribution in [3.05, 3.63) is 94.3 Å². The summed E-state index contributed by atoms with van der Waals surface area (Å²) >= 11 is 6.33. The second kappa shape index (κ2) is 12.7. The van der Waals surface area contributed by atoms with Crippen molar-refractivity contribution in [2.75, 3.05) is 26.2 Å². The van der Waals surface area contributed by atoms with Crippen molar-refractivity contribution in [2.24, 2.45) is 23.7 Å². The van der Waals surface area contributed by atoms with Gasteiger partial charge in [-0.1, -0.05) is 35.4 Å². The number of carbonyl (C=O) groups is 5. The molecule has 6 atom stereocenters. The predicted molar refractivity (Wildman–Crippen MR) is 179 cm³/mol. The molecule has 2 aliphatic heterocycles. The van der Waals surface area contributed by atoms with Crippen LogP contribution in [0.5, 0.6) is 17.2 Å². The van der Waals surface area contributed by atoms with Crippen molar-refractivity contribution in [3.63, 3.8) is 0 Å². The van der Waals surface area contributed by atoms with E-state index in [1.807, 2.05) is 6.08 Å². The first kappa shape index (κ1) is 34.0.